The summed E-state index contributed by atoms with van der Waals surface area (Å²) in [5, 5.41) is 1.72. The Morgan fingerprint density at radius 3 is 2.88 bits per heavy atom. The van der Waals surface area contributed by atoms with E-state index in [4.69, 9.17) is 0 Å². The van der Waals surface area contributed by atoms with Gasteiger partial charge in [-0.2, -0.15) is 0 Å². The molecule has 0 atom stereocenters. The lowest BCUT2D eigenvalue weighted by molar-refractivity contribution is -0.112. The summed E-state index contributed by atoms with van der Waals surface area (Å²) in [6, 6.07) is 7.63. The summed E-state index contributed by atoms with van der Waals surface area (Å²) in [6.07, 6.45) is 4.18. The van der Waals surface area contributed by atoms with Crippen molar-refractivity contribution >= 4 is 17.2 Å². The normalized spacial score (nSPS) is 16.7. The van der Waals surface area contributed by atoms with E-state index in [1.165, 1.54) is 0 Å². The zero-order valence-corrected chi connectivity index (χ0v) is 9.18. The lowest BCUT2D eigenvalue weighted by Gasteiger charge is -2.07. The maximum absolute atomic E-state index is 12.0. The smallest absolute Gasteiger partial charge is 0.267 e. The number of amides is 1. The van der Waals surface area contributed by atoms with Gasteiger partial charge in [-0.1, -0.05) is 24.3 Å². The zero-order chi connectivity index (χ0) is 11.8. The number of benzene rings is 1. The molecule has 1 aromatic rings. The van der Waals surface area contributed by atoms with Crippen molar-refractivity contribution in [1.82, 2.24) is 0 Å². The van der Waals surface area contributed by atoms with Gasteiger partial charge in [0.15, 0.2) is 0 Å². The minimum absolute atomic E-state index is 0.201. The summed E-state index contributed by atoms with van der Waals surface area (Å²) in [5.41, 5.74) is 2.07. The first-order valence-electron chi connectivity index (χ1n) is 5.42. The maximum atomic E-state index is 12.0. The summed E-state index contributed by atoms with van der Waals surface area (Å²) < 4.78 is 0. The number of aliphatic imine (C=N–C) groups is 1. The monoisotopic (exact) mass is 222 g/mol. The maximum Gasteiger partial charge on any atom is 0.280 e. The van der Waals surface area contributed by atoms with Crippen molar-refractivity contribution in [3.8, 4) is 0 Å². The molecule has 0 fully saturated rings. The molecule has 2 aliphatic rings. The van der Waals surface area contributed by atoms with Crippen LogP contribution < -0.4 is 10.6 Å². The van der Waals surface area contributed by atoms with Gasteiger partial charge >= 0.3 is 0 Å². The first-order valence-corrected chi connectivity index (χ1v) is 5.42. The molecule has 1 aromatic carbocycles. The standard InChI is InChI=1S/C14H10N2O/c1-2-5-9-8-12-13(14(17)15-9)10-6-3-4-7-11(10)16-12/h2-4,6-8H,1,5H2. The van der Waals surface area contributed by atoms with Crippen LogP contribution in [0.5, 0.6) is 0 Å². The fraction of sp³-hybridized carbons (Fsp3) is 0.0714. The minimum atomic E-state index is -0.201. The van der Waals surface area contributed by atoms with Crippen molar-refractivity contribution in [3.05, 3.63) is 59.3 Å². The Morgan fingerprint density at radius 2 is 2.06 bits per heavy atom. The molecule has 2 aliphatic heterocycles. The van der Waals surface area contributed by atoms with Crippen LogP contribution in [-0.4, -0.2) is 11.6 Å². The van der Waals surface area contributed by atoms with Gasteiger partial charge in [-0.25, -0.2) is 9.98 Å². The highest BCUT2D eigenvalue weighted by atomic mass is 16.1. The number of dihydropyridines is 1. The summed E-state index contributed by atoms with van der Waals surface area (Å²) >= 11 is 0. The van der Waals surface area contributed by atoms with E-state index >= 15 is 0 Å². The number of allylic oxidation sites excluding steroid dienone is 2. The van der Waals surface area contributed by atoms with E-state index in [2.05, 4.69) is 16.6 Å². The molecule has 17 heavy (non-hydrogen) atoms. The van der Waals surface area contributed by atoms with Crippen LogP contribution >= 0.6 is 0 Å². The Kier molecular flexibility index (Phi) is 2.11. The highest BCUT2D eigenvalue weighted by Gasteiger charge is 2.23. The Labute approximate surface area is 98.2 Å². The second-order valence-electron chi connectivity index (χ2n) is 3.93. The Hall–Kier alpha value is -2.29. The van der Waals surface area contributed by atoms with Gasteiger partial charge in [0.2, 0.25) is 0 Å². The van der Waals surface area contributed by atoms with Crippen molar-refractivity contribution in [3.63, 3.8) is 0 Å². The van der Waals surface area contributed by atoms with Gasteiger partial charge < -0.3 is 0 Å². The zero-order valence-electron chi connectivity index (χ0n) is 9.18. The van der Waals surface area contributed by atoms with Gasteiger partial charge in [-0.15, -0.1) is 6.58 Å². The van der Waals surface area contributed by atoms with Crippen molar-refractivity contribution in [2.75, 3.05) is 0 Å². The van der Waals surface area contributed by atoms with E-state index in [0.29, 0.717) is 12.0 Å². The molecule has 2 heterocycles. The van der Waals surface area contributed by atoms with Crippen LogP contribution in [0, 0.1) is 0 Å². The average Bonchev–Trinajstić information content (AvgIpc) is 2.67. The molecule has 82 valence electrons. The largest absolute Gasteiger partial charge is 0.280 e. The lowest BCUT2D eigenvalue weighted by Crippen LogP contribution is -2.24. The second-order valence-corrected chi connectivity index (χ2v) is 3.93. The number of nitrogens with zero attached hydrogens (tertiary/aromatic N) is 2. The number of carbonyl (C=O) groups excluding carboxylic acids is 1. The molecular weight excluding hydrogens is 212 g/mol. The van der Waals surface area contributed by atoms with Crippen LogP contribution in [-0.2, 0) is 4.79 Å². The third-order valence-corrected chi connectivity index (χ3v) is 2.79. The van der Waals surface area contributed by atoms with Gasteiger partial charge in [0.25, 0.3) is 5.91 Å². The molecule has 0 saturated carbocycles. The van der Waals surface area contributed by atoms with Gasteiger partial charge in [0.1, 0.15) is 0 Å². The highest BCUT2D eigenvalue weighted by molar-refractivity contribution is 6.27. The molecule has 3 rings (SSSR count). The molecular formula is C14H10N2O. The van der Waals surface area contributed by atoms with Crippen molar-refractivity contribution in [2.45, 2.75) is 6.42 Å². The van der Waals surface area contributed by atoms with E-state index in [1.807, 2.05) is 30.3 Å². The summed E-state index contributed by atoms with van der Waals surface area (Å²) in [5.74, 6) is -0.201. The van der Waals surface area contributed by atoms with Crippen LogP contribution in [0.3, 0.4) is 0 Å². The topological polar surface area (TPSA) is 41.8 Å². The Bertz CT molecular complexity index is 708. The number of para-hydroxylation sites is 1. The van der Waals surface area contributed by atoms with E-state index in [-0.39, 0.29) is 5.91 Å². The van der Waals surface area contributed by atoms with E-state index in [9.17, 15) is 4.79 Å². The fourth-order valence-corrected chi connectivity index (χ4v) is 2.06. The van der Waals surface area contributed by atoms with Crippen LogP contribution in [0.15, 0.2) is 58.7 Å². The van der Waals surface area contributed by atoms with E-state index in [0.717, 1.165) is 22.0 Å². The molecule has 0 radical (unpaired) electrons. The predicted molar refractivity (Wildman–Crippen MR) is 66.0 cm³/mol. The number of fused-ring (bicyclic) bond motifs is 2. The number of hydrogen-bond donors (Lipinski definition) is 0. The average molecular weight is 222 g/mol. The summed E-state index contributed by atoms with van der Waals surface area (Å²) in [6.45, 7) is 3.65. The Morgan fingerprint density at radius 1 is 1.24 bits per heavy atom. The van der Waals surface area contributed by atoms with Crippen LogP contribution in [0.1, 0.15) is 6.42 Å². The molecule has 1 amide bonds. The third-order valence-electron chi connectivity index (χ3n) is 2.79. The highest BCUT2D eigenvalue weighted by Crippen LogP contribution is 2.20. The van der Waals surface area contributed by atoms with E-state index in [1.54, 1.807) is 6.08 Å². The molecule has 0 N–H and O–H groups in total. The molecule has 0 spiro atoms. The molecule has 0 aliphatic carbocycles. The predicted octanol–water partition coefficient (Wildman–Crippen LogP) is 0.912. The van der Waals surface area contributed by atoms with E-state index < -0.39 is 0 Å². The number of rotatable bonds is 2. The van der Waals surface area contributed by atoms with Crippen molar-refractivity contribution in [1.29, 1.82) is 0 Å². The Balaban J connectivity index is 2.25. The molecule has 3 nitrogen and oxygen atoms in total. The van der Waals surface area contributed by atoms with Crippen molar-refractivity contribution < 1.29 is 4.79 Å². The molecule has 3 heteroatoms. The number of carbonyl (C=O) groups is 1. The fourth-order valence-electron chi connectivity index (χ4n) is 2.06. The molecule has 0 unspecified atom stereocenters. The first-order chi connectivity index (χ1) is 8.29. The summed E-state index contributed by atoms with van der Waals surface area (Å²) in [4.78, 5) is 20.5. The minimum Gasteiger partial charge on any atom is -0.267 e. The third kappa shape index (κ3) is 1.47. The molecule has 0 saturated heterocycles. The van der Waals surface area contributed by atoms with Crippen LogP contribution in [0.2, 0.25) is 0 Å². The number of hydrogen-bond acceptors (Lipinski definition) is 2. The quantitative estimate of drug-likeness (QED) is 0.686. The van der Waals surface area contributed by atoms with Gasteiger partial charge in [0, 0.05) is 11.6 Å². The lowest BCUT2D eigenvalue weighted by atomic mass is 10.1. The molecule has 0 aromatic heterocycles. The van der Waals surface area contributed by atoms with Crippen LogP contribution in [0.25, 0.3) is 5.57 Å². The summed E-state index contributed by atoms with van der Waals surface area (Å²) in [7, 11) is 0. The van der Waals surface area contributed by atoms with Gasteiger partial charge in [-0.05, 0) is 12.1 Å². The first kappa shape index (κ1) is 9.90. The van der Waals surface area contributed by atoms with Gasteiger partial charge in [0.05, 0.1) is 22.3 Å². The van der Waals surface area contributed by atoms with Crippen molar-refractivity contribution in [2.24, 2.45) is 9.98 Å². The second kappa shape index (κ2) is 3.63. The van der Waals surface area contributed by atoms with Crippen LogP contribution in [0.4, 0.5) is 0 Å². The molecule has 0 bridgehead atoms. The SMILES string of the molecule is C=CCC1=NC(=O)C2=c3ccccc3=NC2=C1. The van der Waals surface area contributed by atoms with Gasteiger partial charge in [-0.3, -0.25) is 4.79 Å².